The van der Waals surface area contributed by atoms with Crippen LogP contribution in [-0.2, 0) is 4.79 Å². The summed E-state index contributed by atoms with van der Waals surface area (Å²) in [6, 6.07) is 3.71. The fourth-order valence-corrected chi connectivity index (χ4v) is 2.40. The van der Waals surface area contributed by atoms with Crippen molar-refractivity contribution in [3.63, 3.8) is 0 Å². The lowest BCUT2D eigenvalue weighted by Crippen LogP contribution is -2.32. The van der Waals surface area contributed by atoms with Gasteiger partial charge in [0.05, 0.1) is 6.54 Å². The fourth-order valence-electron chi connectivity index (χ4n) is 2.40. The molecule has 6 heteroatoms. The molecule has 1 atom stereocenters. The maximum absolute atomic E-state index is 12.0. The average Bonchev–Trinajstić information content (AvgIpc) is 3.19. The molecule has 2 fully saturated rings. The lowest BCUT2D eigenvalue weighted by Gasteiger charge is -2.16. The average molecular weight is 276 g/mol. The van der Waals surface area contributed by atoms with E-state index in [2.05, 4.69) is 10.2 Å². The number of rotatable bonds is 4. The number of anilines is 1. The molecule has 1 aromatic heterocycles. The third kappa shape index (κ3) is 2.84. The number of aromatic nitrogens is 2. The van der Waals surface area contributed by atoms with Crippen LogP contribution < -0.4 is 9.64 Å². The third-order valence-corrected chi connectivity index (χ3v) is 3.75. The highest BCUT2D eigenvalue weighted by Crippen LogP contribution is 2.32. The van der Waals surface area contributed by atoms with E-state index in [1.54, 1.807) is 0 Å². The zero-order chi connectivity index (χ0) is 14.1. The molecule has 1 saturated carbocycles. The van der Waals surface area contributed by atoms with Gasteiger partial charge < -0.3 is 14.5 Å². The molecular formula is C14H20N4O2. The van der Waals surface area contributed by atoms with Crippen LogP contribution in [0.4, 0.5) is 5.82 Å². The fraction of sp³-hybridized carbons (Fsp3) is 0.643. The molecule has 1 aromatic rings. The summed E-state index contributed by atoms with van der Waals surface area (Å²) in [5, 5.41) is 8.15. The molecule has 2 aliphatic rings. The molecule has 1 amide bonds. The van der Waals surface area contributed by atoms with Crippen LogP contribution in [-0.4, -0.2) is 54.3 Å². The predicted octanol–water partition coefficient (Wildman–Crippen LogP) is 0.932. The topological polar surface area (TPSA) is 58.6 Å². The largest absolute Gasteiger partial charge is 0.471 e. The summed E-state index contributed by atoms with van der Waals surface area (Å²) in [4.78, 5) is 15.8. The molecule has 1 aliphatic carbocycles. The second-order valence-electron chi connectivity index (χ2n) is 5.71. The highest BCUT2D eigenvalue weighted by molar-refractivity contribution is 5.81. The number of carbonyl (C=O) groups is 1. The molecule has 2 heterocycles. The van der Waals surface area contributed by atoms with E-state index in [0.29, 0.717) is 18.3 Å². The van der Waals surface area contributed by atoms with E-state index in [1.807, 2.05) is 36.0 Å². The van der Waals surface area contributed by atoms with Gasteiger partial charge in [-0.15, -0.1) is 10.2 Å². The molecule has 0 N–H and O–H groups in total. The Morgan fingerprint density at radius 3 is 2.70 bits per heavy atom. The van der Waals surface area contributed by atoms with Crippen LogP contribution in [0, 0.1) is 5.92 Å². The van der Waals surface area contributed by atoms with Gasteiger partial charge in [-0.05, 0) is 18.9 Å². The third-order valence-electron chi connectivity index (χ3n) is 3.75. The Bertz CT molecular complexity index is 484. The van der Waals surface area contributed by atoms with Gasteiger partial charge in [0.1, 0.15) is 6.10 Å². The minimum Gasteiger partial charge on any atom is -0.471 e. The number of carbonyl (C=O) groups excluding carboxylic acids is 1. The van der Waals surface area contributed by atoms with Gasteiger partial charge in [-0.2, -0.15) is 0 Å². The first-order valence-corrected chi connectivity index (χ1v) is 7.10. The summed E-state index contributed by atoms with van der Waals surface area (Å²) in [7, 11) is 3.84. The highest BCUT2D eigenvalue weighted by Gasteiger charge is 2.37. The summed E-state index contributed by atoms with van der Waals surface area (Å²) < 4.78 is 5.80. The Labute approximate surface area is 118 Å². The monoisotopic (exact) mass is 276 g/mol. The first kappa shape index (κ1) is 13.1. The van der Waals surface area contributed by atoms with Gasteiger partial charge in [0.2, 0.25) is 11.8 Å². The molecule has 0 spiro atoms. The summed E-state index contributed by atoms with van der Waals surface area (Å²) in [6.07, 6.45) is 3.02. The molecule has 0 radical (unpaired) electrons. The van der Waals surface area contributed by atoms with Crippen molar-refractivity contribution in [2.24, 2.45) is 5.92 Å². The van der Waals surface area contributed by atoms with Gasteiger partial charge in [-0.25, -0.2) is 0 Å². The molecule has 1 unspecified atom stereocenters. The van der Waals surface area contributed by atoms with Crippen molar-refractivity contribution < 1.29 is 9.53 Å². The first-order chi connectivity index (χ1) is 9.63. The van der Waals surface area contributed by atoms with Crippen molar-refractivity contribution in [1.29, 1.82) is 0 Å². The number of hydrogen-bond acceptors (Lipinski definition) is 5. The molecule has 1 aliphatic heterocycles. The van der Waals surface area contributed by atoms with Crippen LogP contribution in [0.2, 0.25) is 0 Å². The number of nitrogens with zero attached hydrogens (tertiary/aromatic N) is 4. The Kier molecular flexibility index (Phi) is 3.46. The first-order valence-electron chi connectivity index (χ1n) is 7.10. The Hall–Kier alpha value is -1.85. The summed E-state index contributed by atoms with van der Waals surface area (Å²) >= 11 is 0. The number of hydrogen-bond donors (Lipinski definition) is 0. The molecule has 20 heavy (non-hydrogen) atoms. The molecular weight excluding hydrogens is 256 g/mol. The van der Waals surface area contributed by atoms with Crippen molar-refractivity contribution in [2.75, 3.05) is 32.1 Å². The Morgan fingerprint density at radius 1 is 1.30 bits per heavy atom. The summed E-state index contributed by atoms with van der Waals surface area (Å²) in [5.74, 6) is 1.91. The number of amides is 1. The molecule has 1 saturated heterocycles. The summed E-state index contributed by atoms with van der Waals surface area (Å²) in [5.41, 5.74) is 0. The molecule has 3 rings (SSSR count). The van der Waals surface area contributed by atoms with Crippen LogP contribution in [0.3, 0.4) is 0 Å². The van der Waals surface area contributed by atoms with Gasteiger partial charge in [0.15, 0.2) is 5.82 Å². The van der Waals surface area contributed by atoms with Crippen molar-refractivity contribution in [2.45, 2.75) is 25.4 Å². The second-order valence-corrected chi connectivity index (χ2v) is 5.71. The second kappa shape index (κ2) is 5.26. The smallest absolute Gasteiger partial charge is 0.233 e. The summed E-state index contributed by atoms with van der Waals surface area (Å²) in [6.45, 7) is 1.47. The minimum atomic E-state index is 0.0391. The zero-order valence-electron chi connectivity index (χ0n) is 12.0. The predicted molar refractivity (Wildman–Crippen MR) is 74.7 cm³/mol. The molecule has 108 valence electrons. The van der Waals surface area contributed by atoms with E-state index in [0.717, 1.165) is 31.6 Å². The SMILES string of the molecule is CN(C)c1ccc(OC2CCN(C(=O)C3CC3)C2)nn1. The van der Waals surface area contributed by atoms with Crippen LogP contribution >= 0.6 is 0 Å². The van der Waals surface area contributed by atoms with Crippen LogP contribution in [0.1, 0.15) is 19.3 Å². The van der Waals surface area contributed by atoms with Crippen molar-refractivity contribution in [3.8, 4) is 5.88 Å². The normalized spacial score (nSPS) is 21.9. The van der Waals surface area contributed by atoms with E-state index in [4.69, 9.17) is 4.74 Å². The van der Waals surface area contributed by atoms with Crippen LogP contribution in [0.5, 0.6) is 5.88 Å². The van der Waals surface area contributed by atoms with Gasteiger partial charge in [-0.1, -0.05) is 0 Å². The van der Waals surface area contributed by atoms with Gasteiger partial charge in [0, 0.05) is 39.0 Å². The van der Waals surface area contributed by atoms with Gasteiger partial charge in [0.25, 0.3) is 0 Å². The zero-order valence-corrected chi connectivity index (χ0v) is 12.0. The van der Waals surface area contributed by atoms with Crippen molar-refractivity contribution in [1.82, 2.24) is 15.1 Å². The maximum atomic E-state index is 12.0. The van der Waals surface area contributed by atoms with Crippen LogP contribution in [0.25, 0.3) is 0 Å². The lowest BCUT2D eigenvalue weighted by molar-refractivity contribution is -0.131. The van der Waals surface area contributed by atoms with Gasteiger partial charge >= 0.3 is 0 Å². The minimum absolute atomic E-state index is 0.0391. The van der Waals surface area contributed by atoms with Crippen molar-refractivity contribution in [3.05, 3.63) is 12.1 Å². The number of ether oxygens (including phenoxy) is 1. The van der Waals surface area contributed by atoms with E-state index in [1.165, 1.54) is 0 Å². The molecule has 0 bridgehead atoms. The highest BCUT2D eigenvalue weighted by atomic mass is 16.5. The Morgan fingerprint density at radius 2 is 2.10 bits per heavy atom. The quantitative estimate of drug-likeness (QED) is 0.819. The number of likely N-dealkylation sites (tertiary alicyclic amines) is 1. The van der Waals surface area contributed by atoms with E-state index >= 15 is 0 Å². The molecule has 0 aromatic carbocycles. The van der Waals surface area contributed by atoms with Crippen molar-refractivity contribution >= 4 is 11.7 Å². The maximum Gasteiger partial charge on any atom is 0.233 e. The standard InChI is InChI=1S/C14H20N4O2/c1-17(2)12-5-6-13(16-15-12)20-11-7-8-18(9-11)14(19)10-3-4-10/h5-6,10-11H,3-4,7-9H2,1-2H3. The van der Waals surface area contributed by atoms with Gasteiger partial charge in [-0.3, -0.25) is 4.79 Å². The van der Waals surface area contributed by atoms with E-state index in [9.17, 15) is 4.79 Å². The van der Waals surface area contributed by atoms with E-state index in [-0.39, 0.29) is 12.0 Å². The van der Waals surface area contributed by atoms with E-state index < -0.39 is 0 Å². The Balaban J connectivity index is 1.54. The molecule has 6 nitrogen and oxygen atoms in total. The lowest BCUT2D eigenvalue weighted by atomic mass is 10.3. The van der Waals surface area contributed by atoms with Crippen LogP contribution in [0.15, 0.2) is 12.1 Å².